The fourth-order valence-corrected chi connectivity index (χ4v) is 2.65. The van der Waals surface area contributed by atoms with Gasteiger partial charge in [-0.15, -0.1) is 0 Å². The zero-order valence-corrected chi connectivity index (χ0v) is 15.3. The molecule has 1 unspecified atom stereocenters. The van der Waals surface area contributed by atoms with Crippen LogP contribution in [0.25, 0.3) is 5.76 Å². The minimum Gasteiger partial charge on any atom is -0.478 e. The number of hydrogen-bond acceptors (Lipinski definition) is 5. The van der Waals surface area contributed by atoms with Crippen molar-refractivity contribution < 1.29 is 9.47 Å². The van der Waals surface area contributed by atoms with Crippen LogP contribution in [-0.2, 0) is 9.47 Å². The molecule has 0 bridgehead atoms. The average Bonchev–Trinajstić information content (AvgIpc) is 2.71. The monoisotopic (exact) mass is 351 g/mol. The van der Waals surface area contributed by atoms with Gasteiger partial charge in [0.15, 0.2) is 6.23 Å². The number of aliphatic imine (C=N–C) groups is 1. The normalized spacial score (nSPS) is 19.4. The first kappa shape index (κ1) is 18.2. The summed E-state index contributed by atoms with van der Waals surface area (Å²) in [5, 5.41) is 3.38. The Bertz CT molecular complexity index is 772. The third-order valence-corrected chi connectivity index (χ3v) is 4.06. The van der Waals surface area contributed by atoms with E-state index in [1.165, 1.54) is 0 Å². The van der Waals surface area contributed by atoms with Crippen molar-refractivity contribution in [3.05, 3.63) is 72.3 Å². The van der Waals surface area contributed by atoms with Gasteiger partial charge in [-0.2, -0.15) is 0 Å². The van der Waals surface area contributed by atoms with Gasteiger partial charge in [-0.1, -0.05) is 49.0 Å². The van der Waals surface area contributed by atoms with Gasteiger partial charge in [0.05, 0.1) is 12.2 Å². The van der Waals surface area contributed by atoms with Crippen molar-refractivity contribution in [3.8, 4) is 0 Å². The van der Waals surface area contributed by atoms with Crippen LogP contribution in [0.4, 0.5) is 5.69 Å². The van der Waals surface area contributed by atoms with Gasteiger partial charge < -0.3 is 14.4 Å². The van der Waals surface area contributed by atoms with Crippen LogP contribution in [0.1, 0.15) is 17.4 Å². The average molecular weight is 351 g/mol. The van der Waals surface area contributed by atoms with E-state index in [1.807, 2.05) is 68.7 Å². The second kappa shape index (κ2) is 8.65. The largest absolute Gasteiger partial charge is 0.478 e. The summed E-state index contributed by atoms with van der Waals surface area (Å²) in [6.45, 7) is 5.98. The molecule has 0 radical (unpaired) electrons. The Kier molecular flexibility index (Phi) is 6.04. The molecule has 1 aliphatic rings. The molecule has 1 heterocycles. The number of hydrogen-bond donors (Lipinski definition) is 1. The van der Waals surface area contributed by atoms with E-state index in [-0.39, 0.29) is 6.23 Å². The number of nitrogens with one attached hydrogen (secondary N) is 1. The van der Waals surface area contributed by atoms with Crippen LogP contribution in [0.15, 0.2) is 66.2 Å². The van der Waals surface area contributed by atoms with Crippen LogP contribution in [0.2, 0.25) is 0 Å². The highest BCUT2D eigenvalue weighted by molar-refractivity contribution is 5.84. The minimum absolute atomic E-state index is 0.322. The fourth-order valence-electron chi connectivity index (χ4n) is 2.65. The number of rotatable bonds is 4. The first-order valence-corrected chi connectivity index (χ1v) is 8.72. The van der Waals surface area contributed by atoms with Crippen molar-refractivity contribution in [1.82, 2.24) is 10.2 Å². The maximum absolute atomic E-state index is 6.13. The Morgan fingerprint density at radius 1 is 1.15 bits per heavy atom. The van der Waals surface area contributed by atoms with Crippen LogP contribution in [0.5, 0.6) is 0 Å². The number of ether oxygens (including phenoxy) is 2. The van der Waals surface area contributed by atoms with E-state index in [9.17, 15) is 0 Å². The summed E-state index contributed by atoms with van der Waals surface area (Å²) in [4.78, 5) is 6.79. The van der Waals surface area contributed by atoms with Crippen LogP contribution in [-0.4, -0.2) is 44.6 Å². The van der Waals surface area contributed by atoms with Crippen LogP contribution < -0.4 is 5.32 Å². The molecule has 3 rings (SSSR count). The third-order valence-electron chi connectivity index (χ3n) is 4.06. The highest BCUT2D eigenvalue weighted by atomic mass is 16.5. The van der Waals surface area contributed by atoms with E-state index >= 15 is 0 Å². The molecule has 26 heavy (non-hydrogen) atoms. The van der Waals surface area contributed by atoms with Crippen molar-refractivity contribution in [3.63, 3.8) is 0 Å². The highest BCUT2D eigenvalue weighted by Crippen LogP contribution is 2.31. The molecule has 2 aromatic rings. The lowest BCUT2D eigenvalue weighted by Crippen LogP contribution is -2.31. The molecule has 0 spiro atoms. The predicted octanol–water partition coefficient (Wildman–Crippen LogP) is 3.58. The molecular weight excluding hydrogens is 326 g/mol. The van der Waals surface area contributed by atoms with Gasteiger partial charge in [-0.25, -0.2) is 4.99 Å². The molecule has 0 saturated heterocycles. The lowest BCUT2D eigenvalue weighted by atomic mass is 10.1. The van der Waals surface area contributed by atoms with E-state index in [4.69, 9.17) is 14.5 Å². The predicted molar refractivity (Wildman–Crippen MR) is 105 cm³/mol. The van der Waals surface area contributed by atoms with Crippen molar-refractivity contribution in [1.29, 1.82) is 0 Å². The molecule has 5 nitrogen and oxygen atoms in total. The van der Waals surface area contributed by atoms with Crippen molar-refractivity contribution in [2.24, 2.45) is 4.99 Å². The first-order valence-electron chi connectivity index (χ1n) is 8.72. The quantitative estimate of drug-likeness (QED) is 0.914. The Labute approximate surface area is 155 Å². The second-order valence-corrected chi connectivity index (χ2v) is 6.39. The molecule has 2 aromatic carbocycles. The fraction of sp³-hybridized carbons (Fsp3) is 0.286. The summed E-state index contributed by atoms with van der Waals surface area (Å²) in [7, 11) is 4.04. The lowest BCUT2D eigenvalue weighted by Gasteiger charge is -2.21. The standard InChI is InChI=1S/C21H25N3O2/c1-16-18-11-7-8-12-19(18)23-20(25-14-13-24(2)3)15-22-21(26-16)17-9-5-4-6-10-17/h4-12,21-22H,1,13-15H2,2-3H3/b23-20+. The Morgan fingerprint density at radius 2 is 1.88 bits per heavy atom. The molecule has 0 aromatic heterocycles. The second-order valence-electron chi connectivity index (χ2n) is 6.39. The van der Waals surface area contributed by atoms with Gasteiger partial charge in [0.25, 0.3) is 0 Å². The molecule has 0 aliphatic carbocycles. The minimum atomic E-state index is -0.322. The molecule has 5 heteroatoms. The molecule has 0 amide bonds. The number of para-hydroxylation sites is 1. The van der Waals surface area contributed by atoms with E-state index < -0.39 is 0 Å². The van der Waals surface area contributed by atoms with E-state index in [0.29, 0.717) is 24.8 Å². The molecule has 1 N–H and O–H groups in total. The lowest BCUT2D eigenvalue weighted by molar-refractivity contribution is 0.136. The van der Waals surface area contributed by atoms with Gasteiger partial charge >= 0.3 is 0 Å². The maximum atomic E-state index is 6.13. The highest BCUT2D eigenvalue weighted by Gasteiger charge is 2.19. The molecule has 0 saturated carbocycles. The summed E-state index contributed by atoms with van der Waals surface area (Å²) >= 11 is 0. The third kappa shape index (κ3) is 4.71. The van der Waals surface area contributed by atoms with E-state index in [0.717, 1.165) is 23.4 Å². The van der Waals surface area contributed by atoms with Crippen molar-refractivity contribution in [2.45, 2.75) is 6.23 Å². The van der Waals surface area contributed by atoms with Crippen LogP contribution in [0, 0.1) is 0 Å². The van der Waals surface area contributed by atoms with Gasteiger partial charge in [-0.3, -0.25) is 5.32 Å². The smallest absolute Gasteiger partial charge is 0.203 e. The van der Waals surface area contributed by atoms with E-state index in [2.05, 4.69) is 16.8 Å². The summed E-state index contributed by atoms with van der Waals surface area (Å²) < 4.78 is 12.1. The van der Waals surface area contributed by atoms with Crippen molar-refractivity contribution in [2.75, 3.05) is 33.8 Å². The number of benzene rings is 2. The maximum Gasteiger partial charge on any atom is 0.203 e. The van der Waals surface area contributed by atoms with Gasteiger partial charge in [0.1, 0.15) is 12.4 Å². The Hall–Kier alpha value is -2.63. The summed E-state index contributed by atoms with van der Waals surface area (Å²) in [6.07, 6.45) is -0.322. The molecular formula is C21H25N3O2. The summed E-state index contributed by atoms with van der Waals surface area (Å²) in [5.74, 6) is 1.22. The van der Waals surface area contributed by atoms with Crippen LogP contribution >= 0.6 is 0 Å². The summed E-state index contributed by atoms with van der Waals surface area (Å²) in [6, 6.07) is 17.8. The van der Waals surface area contributed by atoms with Gasteiger partial charge in [0.2, 0.25) is 5.90 Å². The number of fused-ring (bicyclic) bond motifs is 1. The number of nitrogens with zero attached hydrogens (tertiary/aromatic N) is 2. The first-order chi connectivity index (χ1) is 12.6. The molecule has 1 aliphatic heterocycles. The van der Waals surface area contributed by atoms with E-state index in [1.54, 1.807) is 0 Å². The molecule has 0 fully saturated rings. The van der Waals surface area contributed by atoms with Crippen LogP contribution in [0.3, 0.4) is 0 Å². The topological polar surface area (TPSA) is 46.1 Å². The summed E-state index contributed by atoms with van der Waals surface area (Å²) in [5.41, 5.74) is 2.69. The van der Waals surface area contributed by atoms with Crippen molar-refractivity contribution >= 4 is 17.3 Å². The number of likely N-dealkylation sites (N-methyl/N-ethyl adjacent to an activating group) is 1. The van der Waals surface area contributed by atoms with Gasteiger partial charge in [-0.05, 0) is 26.2 Å². The Morgan fingerprint density at radius 3 is 2.65 bits per heavy atom. The molecule has 136 valence electrons. The SMILES string of the molecule is C=C1OC(c2ccccc2)NC/C(OCCN(C)C)=N\c2ccccc21. The zero-order chi connectivity index (χ0) is 18.4. The molecule has 1 atom stereocenters. The Balaban J connectivity index is 1.88. The van der Waals surface area contributed by atoms with Gasteiger partial charge in [0, 0.05) is 17.7 Å². The zero-order valence-electron chi connectivity index (χ0n) is 15.3.